The van der Waals surface area contributed by atoms with Gasteiger partial charge in [0.05, 0.1) is 11.1 Å². The second-order valence-corrected chi connectivity index (χ2v) is 6.06. The molecule has 0 aliphatic heterocycles. The number of hydrogen-bond donors (Lipinski definition) is 2. The Labute approximate surface area is 148 Å². The van der Waals surface area contributed by atoms with E-state index in [0.29, 0.717) is 11.1 Å². The fraction of sp³-hybridized carbons (Fsp3) is 0. The molecule has 126 valence electrons. The molecule has 0 heterocycles. The maximum Gasteiger partial charge on any atom is 0.336 e. The van der Waals surface area contributed by atoms with E-state index in [9.17, 15) is 9.59 Å². The summed E-state index contributed by atoms with van der Waals surface area (Å²) in [6.45, 7) is 0. The quantitative estimate of drug-likeness (QED) is 0.468. The van der Waals surface area contributed by atoms with Crippen molar-refractivity contribution in [2.45, 2.75) is 0 Å². The molecule has 26 heavy (non-hydrogen) atoms. The second kappa shape index (κ2) is 6.01. The van der Waals surface area contributed by atoms with Crippen LogP contribution >= 0.6 is 0 Å². The van der Waals surface area contributed by atoms with Crippen molar-refractivity contribution < 1.29 is 19.8 Å². The molecule has 0 aliphatic carbocycles. The van der Waals surface area contributed by atoms with Crippen molar-refractivity contribution in [3.05, 3.63) is 83.9 Å². The van der Waals surface area contributed by atoms with Gasteiger partial charge in [-0.2, -0.15) is 0 Å². The van der Waals surface area contributed by atoms with Crippen LogP contribution in [0.15, 0.2) is 72.8 Å². The van der Waals surface area contributed by atoms with Gasteiger partial charge in [-0.1, -0.05) is 60.7 Å². The summed E-state index contributed by atoms with van der Waals surface area (Å²) in [7, 11) is 0. The first-order valence-corrected chi connectivity index (χ1v) is 8.08. The third-order valence-electron chi connectivity index (χ3n) is 4.56. The standard InChI is InChI=1S/C11H6O2.C11H8O2/c12-11(13)10-8-3-1-6-5-7(8)2-4-9(6)10;12-11(13)10-7-3-5-8-4-1-2-6-9(8)10/h1-5H,(H,12,13);1-7H,(H,12,13). The van der Waals surface area contributed by atoms with Crippen LogP contribution in [-0.2, 0) is 0 Å². The highest BCUT2D eigenvalue weighted by atomic mass is 16.4. The minimum Gasteiger partial charge on any atom is -0.478 e. The summed E-state index contributed by atoms with van der Waals surface area (Å²) < 4.78 is 0. The Hall–Kier alpha value is -3.66. The molecule has 2 N–H and O–H groups in total. The van der Waals surface area contributed by atoms with E-state index in [2.05, 4.69) is 0 Å². The minimum absolute atomic E-state index is 0.359. The summed E-state index contributed by atoms with van der Waals surface area (Å²) in [5.41, 5.74) is 0.815. The lowest BCUT2D eigenvalue weighted by Gasteiger charge is -2.12. The van der Waals surface area contributed by atoms with Gasteiger partial charge < -0.3 is 10.2 Å². The molecule has 4 nitrogen and oxygen atoms in total. The zero-order chi connectivity index (χ0) is 18.3. The van der Waals surface area contributed by atoms with Crippen LogP contribution in [-0.4, -0.2) is 22.2 Å². The van der Waals surface area contributed by atoms with Gasteiger partial charge in [0.1, 0.15) is 0 Å². The summed E-state index contributed by atoms with van der Waals surface area (Å²) >= 11 is 0. The number of hydrogen-bond acceptors (Lipinski definition) is 2. The SMILES string of the molecule is O=C(O)c1c2ccc3cc2ccc13.O=C(O)c1cccc2ccccc12. The number of benzene rings is 7. The summed E-state index contributed by atoms with van der Waals surface area (Å²) in [4.78, 5) is 21.8. The van der Waals surface area contributed by atoms with Crippen molar-refractivity contribution in [1.82, 2.24) is 0 Å². The third kappa shape index (κ3) is 2.48. The van der Waals surface area contributed by atoms with Crippen molar-refractivity contribution in [2.24, 2.45) is 0 Å². The third-order valence-corrected chi connectivity index (χ3v) is 4.56. The molecule has 0 radical (unpaired) electrons. The van der Waals surface area contributed by atoms with Gasteiger partial charge in [-0.3, -0.25) is 0 Å². The Morgan fingerprint density at radius 3 is 1.77 bits per heavy atom. The topological polar surface area (TPSA) is 74.6 Å². The van der Waals surface area contributed by atoms with Crippen molar-refractivity contribution in [3.63, 3.8) is 0 Å². The van der Waals surface area contributed by atoms with Crippen LogP contribution in [0.3, 0.4) is 0 Å². The molecule has 7 aromatic rings. The fourth-order valence-corrected chi connectivity index (χ4v) is 3.38. The Bertz CT molecular complexity index is 1170. The van der Waals surface area contributed by atoms with Crippen molar-refractivity contribution in [1.29, 1.82) is 0 Å². The maximum absolute atomic E-state index is 10.9. The lowest BCUT2D eigenvalue weighted by Crippen LogP contribution is -2.01. The summed E-state index contributed by atoms with van der Waals surface area (Å²) in [5, 5.41) is 23.4. The van der Waals surface area contributed by atoms with Crippen LogP contribution in [0, 0.1) is 0 Å². The highest BCUT2D eigenvalue weighted by Gasteiger charge is 2.16. The van der Waals surface area contributed by atoms with E-state index in [1.807, 2.05) is 60.7 Å². The zero-order valence-electron chi connectivity index (χ0n) is 13.6. The van der Waals surface area contributed by atoms with Crippen LogP contribution in [0.25, 0.3) is 32.3 Å². The van der Waals surface area contributed by atoms with Crippen LogP contribution < -0.4 is 0 Å². The Morgan fingerprint density at radius 1 is 0.577 bits per heavy atom. The molecule has 0 aromatic heterocycles. The number of rotatable bonds is 2. The average molecular weight is 342 g/mol. The summed E-state index contributed by atoms with van der Waals surface area (Å²) in [5.74, 6) is -1.71. The number of fused-ring (bicyclic) bond motifs is 3. The smallest absolute Gasteiger partial charge is 0.336 e. The number of aromatic carboxylic acids is 2. The minimum atomic E-state index is -0.878. The summed E-state index contributed by atoms with van der Waals surface area (Å²) in [6, 6.07) is 22.4. The number of carboxylic acids is 2. The van der Waals surface area contributed by atoms with Crippen molar-refractivity contribution >= 4 is 44.3 Å². The molecule has 7 rings (SSSR count). The average Bonchev–Trinajstić information content (AvgIpc) is 2.67. The number of carbonyl (C=O) groups is 2. The van der Waals surface area contributed by atoms with Crippen molar-refractivity contribution in [3.8, 4) is 0 Å². The normalized spacial score (nSPS) is 10.9. The van der Waals surface area contributed by atoms with E-state index in [1.54, 1.807) is 12.1 Å². The second-order valence-electron chi connectivity index (χ2n) is 6.06. The molecule has 7 aromatic carbocycles. The Morgan fingerprint density at radius 2 is 1.19 bits per heavy atom. The van der Waals surface area contributed by atoms with E-state index >= 15 is 0 Å². The zero-order valence-corrected chi connectivity index (χ0v) is 13.6. The van der Waals surface area contributed by atoms with Crippen LogP contribution in [0.1, 0.15) is 20.7 Å². The molecule has 0 aliphatic rings. The largest absolute Gasteiger partial charge is 0.478 e. The van der Waals surface area contributed by atoms with Gasteiger partial charge in [0.15, 0.2) is 0 Å². The molecule has 0 saturated carbocycles. The van der Waals surface area contributed by atoms with E-state index in [1.165, 1.54) is 0 Å². The predicted molar refractivity (Wildman–Crippen MR) is 102 cm³/mol. The van der Waals surface area contributed by atoms with Crippen molar-refractivity contribution in [2.75, 3.05) is 0 Å². The molecule has 0 fully saturated rings. The van der Waals surface area contributed by atoms with Gasteiger partial charge in [0, 0.05) is 0 Å². The van der Waals surface area contributed by atoms with Gasteiger partial charge in [-0.15, -0.1) is 0 Å². The Balaban J connectivity index is 0.000000129. The lowest BCUT2D eigenvalue weighted by atomic mass is 9.92. The Kier molecular flexibility index (Phi) is 3.66. The molecule has 4 bridgehead atoms. The molecule has 0 amide bonds. The molecule has 0 saturated heterocycles. The first-order valence-electron chi connectivity index (χ1n) is 8.08. The predicted octanol–water partition coefficient (Wildman–Crippen LogP) is 5.10. The highest BCUT2D eigenvalue weighted by Crippen LogP contribution is 2.33. The maximum atomic E-state index is 10.9. The molecule has 0 unspecified atom stereocenters. The molecule has 4 heteroatoms. The van der Waals surface area contributed by atoms with Gasteiger partial charge in [-0.05, 0) is 44.5 Å². The lowest BCUT2D eigenvalue weighted by molar-refractivity contribution is 0.0689. The molecular weight excluding hydrogens is 328 g/mol. The van der Waals surface area contributed by atoms with E-state index in [4.69, 9.17) is 10.2 Å². The first kappa shape index (κ1) is 15.8. The van der Waals surface area contributed by atoms with Crippen LogP contribution in [0.4, 0.5) is 0 Å². The van der Waals surface area contributed by atoms with E-state index in [-0.39, 0.29) is 0 Å². The highest BCUT2D eigenvalue weighted by molar-refractivity contribution is 6.19. The monoisotopic (exact) mass is 342 g/mol. The van der Waals surface area contributed by atoms with Gasteiger partial charge in [0.2, 0.25) is 0 Å². The summed E-state index contributed by atoms with van der Waals surface area (Å²) in [6.07, 6.45) is 0. The number of carboxylic acid groups (broad SMARTS) is 2. The first-order chi connectivity index (χ1) is 12.6. The van der Waals surface area contributed by atoms with Gasteiger partial charge in [-0.25, -0.2) is 9.59 Å². The molecular formula is C22H14O4. The van der Waals surface area contributed by atoms with Crippen LogP contribution in [0.5, 0.6) is 0 Å². The molecule has 0 atom stereocenters. The van der Waals surface area contributed by atoms with Gasteiger partial charge >= 0.3 is 11.9 Å². The van der Waals surface area contributed by atoms with E-state index < -0.39 is 11.9 Å². The van der Waals surface area contributed by atoms with Gasteiger partial charge in [0.25, 0.3) is 0 Å². The fourth-order valence-electron chi connectivity index (χ4n) is 3.38. The molecule has 0 spiro atoms. The van der Waals surface area contributed by atoms with Crippen LogP contribution in [0.2, 0.25) is 0 Å². The van der Waals surface area contributed by atoms with E-state index in [0.717, 1.165) is 32.3 Å².